The van der Waals surface area contributed by atoms with Crippen molar-refractivity contribution in [2.75, 3.05) is 5.32 Å². The van der Waals surface area contributed by atoms with Crippen LogP contribution < -0.4 is 14.8 Å². The highest BCUT2D eigenvalue weighted by atomic mass is 35.5. The number of carbonyl (C=O) groups is 1. The molecule has 0 aliphatic rings. The summed E-state index contributed by atoms with van der Waals surface area (Å²) in [5, 5.41) is 19.7. The number of amides is 1. The average Bonchev–Trinajstić information content (AvgIpc) is 2.63. The molecule has 0 aliphatic heterocycles. The van der Waals surface area contributed by atoms with E-state index < -0.39 is 35.0 Å². The molecule has 1 N–H and O–H groups in total. The molecule has 3 aromatic rings. The Morgan fingerprint density at radius 1 is 1.21 bits per heavy atom. The van der Waals surface area contributed by atoms with E-state index in [9.17, 15) is 27.6 Å². The van der Waals surface area contributed by atoms with Crippen LogP contribution in [0.15, 0.2) is 48.8 Å². The van der Waals surface area contributed by atoms with Crippen molar-refractivity contribution in [2.45, 2.75) is 6.18 Å². The third-order valence-corrected chi connectivity index (χ3v) is 3.72. The summed E-state index contributed by atoms with van der Waals surface area (Å²) in [6.45, 7) is 0. The Labute approximate surface area is 165 Å². The van der Waals surface area contributed by atoms with Gasteiger partial charge in [0.05, 0.1) is 5.02 Å². The number of alkyl halides is 3. The minimum Gasteiger partial charge on any atom is -0.619 e. The number of carbonyl (C=O) groups excluding carboxylic acids is 1. The Balaban J connectivity index is 2.00. The largest absolute Gasteiger partial charge is 0.619 e. The van der Waals surface area contributed by atoms with Crippen molar-refractivity contribution in [1.29, 1.82) is 0 Å². The minimum absolute atomic E-state index is 0.0173. The fraction of sp³-hybridized carbons (Fsp3) is 0.0588. The predicted molar refractivity (Wildman–Crippen MR) is 91.9 cm³/mol. The number of halogens is 5. The molecule has 0 bridgehead atoms. The molecule has 0 aliphatic carbocycles. The lowest BCUT2D eigenvalue weighted by Crippen LogP contribution is -2.26. The molecule has 0 atom stereocenters. The molecule has 0 saturated heterocycles. The van der Waals surface area contributed by atoms with Crippen LogP contribution in [0.25, 0.3) is 0 Å². The molecule has 1 aromatic carbocycles. The van der Waals surface area contributed by atoms with E-state index >= 15 is 0 Å². The zero-order valence-electron chi connectivity index (χ0n) is 14.1. The minimum atomic E-state index is -4.88. The van der Waals surface area contributed by atoms with Gasteiger partial charge in [0.1, 0.15) is 22.8 Å². The van der Waals surface area contributed by atoms with E-state index in [4.69, 9.17) is 16.3 Å². The van der Waals surface area contributed by atoms with Gasteiger partial charge in [-0.05, 0) is 30.3 Å². The van der Waals surface area contributed by atoms with Crippen LogP contribution in [0.2, 0.25) is 5.02 Å². The van der Waals surface area contributed by atoms with Crippen LogP contribution in [0.4, 0.5) is 23.2 Å². The zero-order chi connectivity index (χ0) is 21.2. The molecule has 29 heavy (non-hydrogen) atoms. The van der Waals surface area contributed by atoms with Crippen molar-refractivity contribution in [3.8, 4) is 11.6 Å². The van der Waals surface area contributed by atoms with E-state index in [-0.39, 0.29) is 16.5 Å². The summed E-state index contributed by atoms with van der Waals surface area (Å²) in [5.74, 6) is -2.48. The zero-order valence-corrected chi connectivity index (χ0v) is 14.8. The number of nitrogens with one attached hydrogen (secondary N) is 1. The maximum absolute atomic E-state index is 13.2. The molecule has 0 fully saturated rings. The third kappa shape index (κ3) is 4.88. The molecule has 150 valence electrons. The summed E-state index contributed by atoms with van der Waals surface area (Å²) < 4.78 is 57.8. The van der Waals surface area contributed by atoms with Crippen molar-refractivity contribution >= 4 is 23.2 Å². The van der Waals surface area contributed by atoms with Gasteiger partial charge in [0, 0.05) is 6.07 Å². The molecule has 0 radical (unpaired) electrons. The van der Waals surface area contributed by atoms with E-state index in [0.717, 1.165) is 30.6 Å². The lowest BCUT2D eigenvalue weighted by Gasteiger charge is -2.13. The van der Waals surface area contributed by atoms with Crippen molar-refractivity contribution in [3.63, 3.8) is 0 Å². The first-order chi connectivity index (χ1) is 13.6. The van der Waals surface area contributed by atoms with Crippen LogP contribution in [-0.2, 0) is 6.18 Å². The highest BCUT2D eigenvalue weighted by Crippen LogP contribution is 2.33. The molecule has 2 aromatic heterocycles. The Morgan fingerprint density at radius 3 is 2.62 bits per heavy atom. The van der Waals surface area contributed by atoms with Gasteiger partial charge in [-0.3, -0.25) is 4.79 Å². The molecular formula is C17H9ClF4N4O3. The average molecular weight is 429 g/mol. The number of aromatic nitrogens is 3. The van der Waals surface area contributed by atoms with E-state index in [2.05, 4.69) is 15.5 Å². The normalized spacial score (nSPS) is 11.2. The van der Waals surface area contributed by atoms with Crippen molar-refractivity contribution in [3.05, 3.63) is 76.1 Å². The summed E-state index contributed by atoms with van der Waals surface area (Å²) in [4.78, 5) is 12.5. The predicted octanol–water partition coefficient (Wildman–Crippen LogP) is 3.97. The number of hydrogen-bond donors (Lipinski definition) is 1. The van der Waals surface area contributed by atoms with Crippen LogP contribution in [0.3, 0.4) is 0 Å². The third-order valence-electron chi connectivity index (χ3n) is 3.43. The summed E-state index contributed by atoms with van der Waals surface area (Å²) in [7, 11) is 0. The van der Waals surface area contributed by atoms with E-state index in [1.807, 2.05) is 0 Å². The maximum atomic E-state index is 13.2. The SMILES string of the molecule is O=C(Nc1ccc[n+]([O-])c1)c1cc(C(F)(F)F)nnc1Oc1ccc(F)cc1Cl. The number of ether oxygens (including phenoxy) is 1. The first-order valence-electron chi connectivity index (χ1n) is 7.71. The Morgan fingerprint density at radius 2 is 1.97 bits per heavy atom. The number of benzene rings is 1. The van der Waals surface area contributed by atoms with Crippen LogP contribution in [0.1, 0.15) is 16.1 Å². The number of anilines is 1. The molecule has 12 heteroatoms. The van der Waals surface area contributed by atoms with Gasteiger partial charge in [-0.2, -0.15) is 17.9 Å². The standard InChI is InChI=1S/C17H9ClF4N4O3/c18-12-6-9(19)3-4-13(12)29-16-11(7-14(24-25-16)17(20,21)22)15(27)23-10-2-1-5-26(28)8-10/h1-8H,(H,23,27). The highest BCUT2D eigenvalue weighted by Gasteiger charge is 2.35. The second kappa shape index (κ2) is 7.87. The quantitative estimate of drug-likeness (QED) is 0.386. The fourth-order valence-corrected chi connectivity index (χ4v) is 2.35. The Kier molecular flexibility index (Phi) is 5.50. The molecule has 0 saturated carbocycles. The summed E-state index contributed by atoms with van der Waals surface area (Å²) in [6, 6.07) is 6.12. The highest BCUT2D eigenvalue weighted by molar-refractivity contribution is 6.32. The number of pyridine rings is 1. The van der Waals surface area contributed by atoms with E-state index in [1.54, 1.807) is 0 Å². The topological polar surface area (TPSA) is 91.1 Å². The monoisotopic (exact) mass is 428 g/mol. The van der Waals surface area contributed by atoms with Crippen LogP contribution in [0, 0.1) is 11.0 Å². The first kappa shape index (κ1) is 20.3. The van der Waals surface area contributed by atoms with Crippen LogP contribution in [0.5, 0.6) is 11.6 Å². The van der Waals surface area contributed by atoms with Gasteiger partial charge in [-0.1, -0.05) is 11.6 Å². The van der Waals surface area contributed by atoms with Crippen molar-refractivity contribution < 1.29 is 31.8 Å². The van der Waals surface area contributed by atoms with Gasteiger partial charge in [-0.15, -0.1) is 10.2 Å². The molecule has 2 heterocycles. The number of rotatable bonds is 4. The molecule has 0 unspecified atom stereocenters. The smallest absolute Gasteiger partial charge is 0.435 e. The first-order valence-corrected chi connectivity index (χ1v) is 8.09. The summed E-state index contributed by atoms with van der Waals surface area (Å²) in [5.41, 5.74) is -2.05. The van der Waals surface area contributed by atoms with Gasteiger partial charge in [0.15, 0.2) is 11.9 Å². The Hall–Kier alpha value is -3.47. The summed E-state index contributed by atoms with van der Waals surface area (Å²) >= 11 is 5.83. The number of hydrogen-bond acceptors (Lipinski definition) is 5. The lowest BCUT2D eigenvalue weighted by molar-refractivity contribution is -0.604. The van der Waals surface area contributed by atoms with Crippen molar-refractivity contribution in [1.82, 2.24) is 10.2 Å². The second-order valence-corrected chi connectivity index (χ2v) is 5.94. The van der Waals surface area contributed by atoms with Gasteiger partial charge in [0.25, 0.3) is 11.8 Å². The lowest BCUT2D eigenvalue weighted by atomic mass is 10.2. The van der Waals surface area contributed by atoms with E-state index in [1.165, 1.54) is 12.1 Å². The second-order valence-electron chi connectivity index (χ2n) is 5.53. The van der Waals surface area contributed by atoms with Crippen molar-refractivity contribution in [2.24, 2.45) is 0 Å². The van der Waals surface area contributed by atoms with Crippen LogP contribution >= 0.6 is 11.6 Å². The molecule has 1 amide bonds. The Bertz CT molecular complexity index is 1080. The van der Waals surface area contributed by atoms with Crippen LogP contribution in [-0.4, -0.2) is 16.1 Å². The molecule has 3 rings (SSSR count). The number of nitrogens with zero attached hydrogens (tertiary/aromatic N) is 3. The van der Waals surface area contributed by atoms with Gasteiger partial charge in [-0.25, -0.2) is 4.39 Å². The molecular weight excluding hydrogens is 420 g/mol. The van der Waals surface area contributed by atoms with Gasteiger partial charge in [0.2, 0.25) is 6.20 Å². The van der Waals surface area contributed by atoms with E-state index in [0.29, 0.717) is 10.8 Å². The summed E-state index contributed by atoms with van der Waals surface area (Å²) in [6.07, 6.45) is -2.73. The fourth-order valence-electron chi connectivity index (χ4n) is 2.15. The molecule has 0 spiro atoms. The maximum Gasteiger partial charge on any atom is 0.435 e. The van der Waals surface area contributed by atoms with Gasteiger partial charge >= 0.3 is 6.18 Å². The van der Waals surface area contributed by atoms with Gasteiger partial charge < -0.3 is 15.3 Å². The molecule has 7 nitrogen and oxygen atoms in total.